The molecule has 0 radical (unpaired) electrons. The maximum Gasteiger partial charge on any atom is 0.348 e. The summed E-state index contributed by atoms with van der Waals surface area (Å²) in [5.41, 5.74) is 1.94. The Morgan fingerprint density at radius 3 is 2.69 bits per heavy atom. The summed E-state index contributed by atoms with van der Waals surface area (Å²) in [5.74, 6) is -0.00169. The second-order valence-corrected chi connectivity index (χ2v) is 6.48. The van der Waals surface area contributed by atoms with E-state index in [1.807, 2.05) is 6.92 Å². The molecule has 0 saturated heterocycles. The van der Waals surface area contributed by atoms with Crippen molar-refractivity contribution in [3.8, 4) is 11.4 Å². The van der Waals surface area contributed by atoms with Crippen LogP contribution in [0.1, 0.15) is 15.2 Å². The van der Waals surface area contributed by atoms with Crippen molar-refractivity contribution in [3.63, 3.8) is 0 Å². The molecule has 26 heavy (non-hydrogen) atoms. The summed E-state index contributed by atoms with van der Waals surface area (Å²) in [4.78, 5) is 32.3. The van der Waals surface area contributed by atoms with E-state index in [1.54, 1.807) is 12.1 Å². The van der Waals surface area contributed by atoms with Crippen LogP contribution < -0.4 is 0 Å². The highest BCUT2D eigenvalue weighted by molar-refractivity contribution is 7.20. The van der Waals surface area contributed by atoms with Crippen molar-refractivity contribution in [2.24, 2.45) is 0 Å². The Kier molecular flexibility index (Phi) is 3.62. The zero-order valence-electron chi connectivity index (χ0n) is 13.7. The molecule has 4 rings (SSSR count). The van der Waals surface area contributed by atoms with Crippen molar-refractivity contribution in [1.82, 2.24) is 19.6 Å². The van der Waals surface area contributed by atoms with Gasteiger partial charge in [-0.3, -0.25) is 10.1 Å². The van der Waals surface area contributed by atoms with Crippen LogP contribution >= 0.6 is 11.3 Å². The van der Waals surface area contributed by atoms with E-state index >= 15 is 0 Å². The second kappa shape index (κ2) is 5.85. The number of carbonyl (C=O) groups is 1. The lowest BCUT2D eigenvalue weighted by Gasteiger charge is -1.96. The Labute approximate surface area is 150 Å². The molecule has 3 heterocycles. The van der Waals surface area contributed by atoms with Crippen molar-refractivity contribution in [3.05, 3.63) is 51.1 Å². The van der Waals surface area contributed by atoms with Crippen LogP contribution in [0.4, 0.5) is 5.69 Å². The number of aryl methyl sites for hydroxylation is 1. The van der Waals surface area contributed by atoms with Crippen LogP contribution in [0.15, 0.2) is 30.6 Å². The van der Waals surface area contributed by atoms with Gasteiger partial charge in [0, 0.05) is 17.7 Å². The summed E-state index contributed by atoms with van der Waals surface area (Å²) in [6.45, 7) is 1.81. The lowest BCUT2D eigenvalue weighted by Crippen LogP contribution is -1.99. The minimum absolute atomic E-state index is 0.00188. The molecule has 3 aromatic heterocycles. The molecule has 0 saturated carbocycles. The first kappa shape index (κ1) is 16.1. The summed E-state index contributed by atoms with van der Waals surface area (Å²) in [6, 6.07) is 6.00. The maximum atomic E-state index is 11.9. The van der Waals surface area contributed by atoms with E-state index in [9.17, 15) is 14.9 Å². The SMILES string of the molecule is COC(=O)c1sc2ncn3nc(-c4ccc([N+](=O)[O-])cc4)nc3c2c1C. The van der Waals surface area contributed by atoms with E-state index in [0.29, 0.717) is 26.7 Å². The van der Waals surface area contributed by atoms with Gasteiger partial charge in [-0.2, -0.15) is 0 Å². The monoisotopic (exact) mass is 369 g/mol. The van der Waals surface area contributed by atoms with Crippen molar-refractivity contribution >= 4 is 38.9 Å². The van der Waals surface area contributed by atoms with E-state index in [0.717, 1.165) is 10.9 Å². The van der Waals surface area contributed by atoms with Crippen molar-refractivity contribution in [2.45, 2.75) is 6.92 Å². The van der Waals surface area contributed by atoms with Gasteiger partial charge in [0.15, 0.2) is 11.5 Å². The number of rotatable bonds is 3. The number of ether oxygens (including phenoxy) is 1. The molecule has 0 aliphatic heterocycles. The lowest BCUT2D eigenvalue weighted by atomic mass is 10.2. The fourth-order valence-electron chi connectivity index (χ4n) is 2.68. The van der Waals surface area contributed by atoms with Gasteiger partial charge in [-0.1, -0.05) is 0 Å². The van der Waals surface area contributed by atoms with E-state index in [-0.39, 0.29) is 5.69 Å². The number of nitro groups is 1. The third kappa shape index (κ3) is 2.39. The first-order valence-electron chi connectivity index (χ1n) is 7.47. The molecule has 130 valence electrons. The molecular weight excluding hydrogens is 358 g/mol. The Morgan fingerprint density at radius 2 is 2.04 bits per heavy atom. The van der Waals surface area contributed by atoms with Crippen LogP contribution in [0.5, 0.6) is 0 Å². The van der Waals surface area contributed by atoms with Crippen LogP contribution in [0.25, 0.3) is 27.3 Å². The molecule has 1 aromatic carbocycles. The van der Waals surface area contributed by atoms with E-state index in [1.165, 1.54) is 41.4 Å². The predicted octanol–water partition coefficient (Wildman–Crippen LogP) is 3.01. The molecule has 0 bridgehead atoms. The first-order valence-corrected chi connectivity index (χ1v) is 8.29. The maximum absolute atomic E-state index is 11.9. The van der Waals surface area contributed by atoms with Gasteiger partial charge < -0.3 is 4.74 Å². The van der Waals surface area contributed by atoms with Crippen molar-refractivity contribution in [2.75, 3.05) is 7.11 Å². The number of hydrogen-bond donors (Lipinski definition) is 0. The normalized spacial score (nSPS) is 11.2. The molecule has 0 atom stereocenters. The highest BCUT2D eigenvalue weighted by Crippen LogP contribution is 2.32. The highest BCUT2D eigenvalue weighted by Gasteiger charge is 2.21. The number of esters is 1. The van der Waals surface area contributed by atoms with Crippen LogP contribution in [0.3, 0.4) is 0 Å². The molecule has 0 unspecified atom stereocenters. The molecule has 0 aliphatic carbocycles. The first-order chi connectivity index (χ1) is 12.5. The lowest BCUT2D eigenvalue weighted by molar-refractivity contribution is -0.384. The number of fused-ring (bicyclic) bond motifs is 3. The van der Waals surface area contributed by atoms with Gasteiger partial charge in [-0.15, -0.1) is 16.4 Å². The molecule has 0 amide bonds. The molecule has 4 aromatic rings. The van der Waals surface area contributed by atoms with Gasteiger partial charge in [-0.05, 0) is 24.6 Å². The molecule has 0 spiro atoms. The Hall–Kier alpha value is -3.40. The van der Waals surface area contributed by atoms with Crippen LogP contribution in [0, 0.1) is 17.0 Å². The van der Waals surface area contributed by atoms with Crippen LogP contribution in [0.2, 0.25) is 0 Å². The van der Waals surface area contributed by atoms with Crippen molar-refractivity contribution < 1.29 is 14.5 Å². The number of thiophene rings is 1. The topological polar surface area (TPSA) is 113 Å². The van der Waals surface area contributed by atoms with Gasteiger partial charge in [-0.25, -0.2) is 19.3 Å². The number of benzene rings is 1. The fourth-order valence-corrected chi connectivity index (χ4v) is 3.74. The standard InChI is InChI=1S/C16H11N5O4S/c1-8-11-14-18-13(9-3-5-10(6-4-9)21(23)24)19-20(14)7-17-15(11)26-12(8)16(22)25-2/h3-7H,1-2H3. The van der Waals surface area contributed by atoms with Gasteiger partial charge in [0.2, 0.25) is 0 Å². The van der Waals surface area contributed by atoms with Gasteiger partial charge >= 0.3 is 5.97 Å². The summed E-state index contributed by atoms with van der Waals surface area (Å²) in [5, 5.41) is 15.9. The number of nitrogens with zero attached hydrogens (tertiary/aromatic N) is 5. The third-order valence-corrected chi connectivity index (χ3v) is 5.15. The Bertz CT molecular complexity index is 1180. The average molecular weight is 369 g/mol. The molecule has 10 heteroatoms. The highest BCUT2D eigenvalue weighted by atomic mass is 32.1. The Morgan fingerprint density at radius 1 is 1.31 bits per heavy atom. The number of non-ortho nitro benzene ring substituents is 1. The number of nitro benzene ring substituents is 1. The molecule has 0 fully saturated rings. The van der Waals surface area contributed by atoms with Gasteiger partial charge in [0.1, 0.15) is 16.0 Å². The summed E-state index contributed by atoms with van der Waals surface area (Å²) in [6.07, 6.45) is 1.52. The molecule has 9 nitrogen and oxygen atoms in total. The van der Waals surface area contributed by atoms with Crippen LogP contribution in [-0.4, -0.2) is 37.6 Å². The quantitative estimate of drug-likeness (QED) is 0.310. The van der Waals surface area contributed by atoms with Crippen molar-refractivity contribution in [1.29, 1.82) is 0 Å². The smallest absolute Gasteiger partial charge is 0.348 e. The average Bonchev–Trinajstić information content (AvgIpc) is 3.22. The number of carbonyl (C=O) groups excluding carboxylic acids is 1. The molecule has 0 N–H and O–H groups in total. The van der Waals surface area contributed by atoms with E-state index in [4.69, 9.17) is 4.74 Å². The van der Waals surface area contributed by atoms with Gasteiger partial charge in [0.25, 0.3) is 5.69 Å². The molecule has 0 aliphatic rings. The zero-order chi connectivity index (χ0) is 18.4. The summed E-state index contributed by atoms with van der Waals surface area (Å²) >= 11 is 1.24. The van der Waals surface area contributed by atoms with E-state index < -0.39 is 10.9 Å². The number of hydrogen-bond acceptors (Lipinski definition) is 8. The van der Waals surface area contributed by atoms with E-state index in [2.05, 4.69) is 15.1 Å². The minimum atomic E-state index is -0.461. The zero-order valence-corrected chi connectivity index (χ0v) is 14.5. The fraction of sp³-hybridized carbons (Fsp3) is 0.125. The third-order valence-electron chi connectivity index (χ3n) is 3.97. The number of aromatic nitrogens is 4. The predicted molar refractivity (Wildman–Crippen MR) is 94.3 cm³/mol. The van der Waals surface area contributed by atoms with Crippen LogP contribution in [-0.2, 0) is 4.74 Å². The molecular formula is C16H11N5O4S. The summed E-state index contributed by atoms with van der Waals surface area (Å²) < 4.78 is 6.34. The second-order valence-electron chi connectivity index (χ2n) is 5.48. The summed E-state index contributed by atoms with van der Waals surface area (Å²) in [7, 11) is 1.33. The van der Waals surface area contributed by atoms with Gasteiger partial charge in [0.05, 0.1) is 17.4 Å². The Balaban J connectivity index is 1.89. The number of methoxy groups -OCH3 is 1. The minimum Gasteiger partial charge on any atom is -0.465 e. The largest absolute Gasteiger partial charge is 0.465 e.